The zero-order valence-corrected chi connectivity index (χ0v) is 8.85. The molecule has 1 rings (SSSR count). The molecule has 0 amide bonds. The summed E-state index contributed by atoms with van der Waals surface area (Å²) in [7, 11) is 0. The fourth-order valence-corrected chi connectivity index (χ4v) is 1.13. The second-order valence-corrected chi connectivity index (χ2v) is 3.42. The molecule has 0 aliphatic rings. The first-order valence-electron chi connectivity index (χ1n) is 4.97. The fraction of sp³-hybridized carbons (Fsp3) is 0.667. The number of aromatic nitrogens is 3. The van der Waals surface area contributed by atoms with Crippen molar-refractivity contribution in [1.82, 2.24) is 15.2 Å². The standard InChI is InChI=1S/C9H17N5O/c1-7-5-11-9(14-13-7)12-6-8(4-10)2-3-15/h5,8,15H,2-4,6,10H2,1H3,(H,11,12,14)/t8-/m1/s1. The number of hydrogen-bond donors (Lipinski definition) is 3. The molecule has 0 aromatic carbocycles. The minimum atomic E-state index is 0.149. The molecule has 84 valence electrons. The van der Waals surface area contributed by atoms with E-state index in [9.17, 15) is 0 Å². The Bertz CT molecular complexity index is 276. The van der Waals surface area contributed by atoms with Gasteiger partial charge in [-0.1, -0.05) is 0 Å². The number of aliphatic hydroxyl groups excluding tert-OH is 1. The van der Waals surface area contributed by atoms with E-state index in [0.717, 1.165) is 5.69 Å². The number of nitrogens with two attached hydrogens (primary N) is 1. The normalized spacial score (nSPS) is 12.5. The molecule has 0 spiro atoms. The number of anilines is 1. The zero-order chi connectivity index (χ0) is 11.1. The molecule has 6 heteroatoms. The van der Waals surface area contributed by atoms with E-state index in [1.807, 2.05) is 6.92 Å². The third kappa shape index (κ3) is 4.18. The number of nitrogens with one attached hydrogen (secondary N) is 1. The lowest BCUT2D eigenvalue weighted by atomic mass is 10.1. The van der Waals surface area contributed by atoms with Crippen LogP contribution in [0.1, 0.15) is 12.1 Å². The largest absolute Gasteiger partial charge is 0.396 e. The highest BCUT2D eigenvalue weighted by atomic mass is 16.3. The lowest BCUT2D eigenvalue weighted by Gasteiger charge is -2.13. The van der Waals surface area contributed by atoms with Crippen LogP contribution < -0.4 is 11.1 Å². The molecule has 1 aromatic heterocycles. The molecule has 0 unspecified atom stereocenters. The Morgan fingerprint density at radius 3 is 2.87 bits per heavy atom. The summed E-state index contributed by atoms with van der Waals surface area (Å²) < 4.78 is 0. The Balaban J connectivity index is 2.38. The van der Waals surface area contributed by atoms with Crippen molar-refractivity contribution in [1.29, 1.82) is 0 Å². The van der Waals surface area contributed by atoms with Crippen molar-refractivity contribution in [3.63, 3.8) is 0 Å². The molecule has 0 aliphatic carbocycles. The van der Waals surface area contributed by atoms with Crippen molar-refractivity contribution in [3.8, 4) is 0 Å². The molecule has 0 saturated heterocycles. The highest BCUT2D eigenvalue weighted by Gasteiger charge is 2.06. The summed E-state index contributed by atoms with van der Waals surface area (Å²) in [5.74, 6) is 0.733. The molecule has 0 fully saturated rings. The quantitative estimate of drug-likeness (QED) is 0.589. The van der Waals surface area contributed by atoms with Gasteiger partial charge < -0.3 is 16.2 Å². The van der Waals surface area contributed by atoms with E-state index in [4.69, 9.17) is 10.8 Å². The Morgan fingerprint density at radius 2 is 2.33 bits per heavy atom. The van der Waals surface area contributed by atoms with Gasteiger partial charge in [-0.2, -0.15) is 5.10 Å². The molecular weight excluding hydrogens is 194 g/mol. The minimum Gasteiger partial charge on any atom is -0.396 e. The van der Waals surface area contributed by atoms with Crippen LogP contribution in [0.4, 0.5) is 5.95 Å². The van der Waals surface area contributed by atoms with Gasteiger partial charge >= 0.3 is 0 Å². The van der Waals surface area contributed by atoms with Gasteiger partial charge in [0.15, 0.2) is 0 Å². The molecule has 0 bridgehead atoms. The molecule has 15 heavy (non-hydrogen) atoms. The second kappa shape index (κ2) is 6.26. The van der Waals surface area contributed by atoms with Gasteiger partial charge in [0, 0.05) is 13.2 Å². The van der Waals surface area contributed by atoms with Gasteiger partial charge in [-0.15, -0.1) is 5.10 Å². The van der Waals surface area contributed by atoms with E-state index >= 15 is 0 Å². The van der Waals surface area contributed by atoms with E-state index in [1.54, 1.807) is 6.20 Å². The number of hydrogen-bond acceptors (Lipinski definition) is 6. The summed E-state index contributed by atoms with van der Waals surface area (Å²) in [6, 6.07) is 0. The van der Waals surface area contributed by atoms with Crippen LogP contribution in [0.3, 0.4) is 0 Å². The van der Waals surface area contributed by atoms with Crippen molar-refractivity contribution < 1.29 is 5.11 Å². The molecule has 0 saturated carbocycles. The van der Waals surface area contributed by atoms with Crippen LogP contribution >= 0.6 is 0 Å². The number of aliphatic hydroxyl groups is 1. The number of rotatable bonds is 6. The van der Waals surface area contributed by atoms with Gasteiger partial charge in [0.05, 0.1) is 11.9 Å². The number of aryl methyl sites for hydroxylation is 1. The van der Waals surface area contributed by atoms with Gasteiger partial charge in [-0.05, 0) is 25.8 Å². The van der Waals surface area contributed by atoms with Gasteiger partial charge in [-0.25, -0.2) is 4.98 Å². The van der Waals surface area contributed by atoms with Crippen LogP contribution in [0, 0.1) is 12.8 Å². The molecule has 1 atom stereocenters. The Kier molecular flexibility index (Phi) is 4.92. The number of nitrogens with zero attached hydrogens (tertiary/aromatic N) is 3. The first kappa shape index (κ1) is 11.8. The summed E-state index contributed by atoms with van der Waals surface area (Å²) in [6.07, 6.45) is 2.33. The van der Waals surface area contributed by atoms with Crippen LogP contribution in [0.2, 0.25) is 0 Å². The van der Waals surface area contributed by atoms with Gasteiger partial charge in [0.25, 0.3) is 0 Å². The fourth-order valence-electron chi connectivity index (χ4n) is 1.13. The van der Waals surface area contributed by atoms with Crippen LogP contribution in [-0.2, 0) is 0 Å². The third-order valence-electron chi connectivity index (χ3n) is 2.10. The lowest BCUT2D eigenvalue weighted by Crippen LogP contribution is -2.24. The van der Waals surface area contributed by atoms with E-state index in [2.05, 4.69) is 20.5 Å². The summed E-state index contributed by atoms with van der Waals surface area (Å²) in [4.78, 5) is 4.06. The average molecular weight is 211 g/mol. The molecule has 0 radical (unpaired) electrons. The van der Waals surface area contributed by atoms with Crippen molar-refractivity contribution in [2.75, 3.05) is 25.0 Å². The summed E-state index contributed by atoms with van der Waals surface area (Å²) in [5, 5.41) is 19.5. The smallest absolute Gasteiger partial charge is 0.242 e. The summed E-state index contributed by atoms with van der Waals surface area (Å²) >= 11 is 0. The topological polar surface area (TPSA) is 97.0 Å². The van der Waals surface area contributed by atoms with Crippen LogP contribution in [0.5, 0.6) is 0 Å². The van der Waals surface area contributed by atoms with Crippen LogP contribution in [0.15, 0.2) is 6.20 Å². The Labute approximate surface area is 88.9 Å². The second-order valence-electron chi connectivity index (χ2n) is 3.42. The predicted octanol–water partition coefficient (Wildman–Crippen LogP) is -0.451. The Morgan fingerprint density at radius 1 is 1.53 bits per heavy atom. The van der Waals surface area contributed by atoms with Crippen molar-refractivity contribution in [2.24, 2.45) is 11.7 Å². The average Bonchev–Trinajstić information content (AvgIpc) is 2.26. The van der Waals surface area contributed by atoms with E-state index in [-0.39, 0.29) is 12.5 Å². The Hall–Kier alpha value is -1.27. The highest BCUT2D eigenvalue weighted by Crippen LogP contribution is 2.02. The first-order chi connectivity index (χ1) is 7.26. The van der Waals surface area contributed by atoms with Crippen molar-refractivity contribution in [3.05, 3.63) is 11.9 Å². The lowest BCUT2D eigenvalue weighted by molar-refractivity contribution is 0.262. The molecular formula is C9H17N5O. The SMILES string of the molecule is Cc1cnc(NC[C@@H](CN)CCO)nn1. The first-order valence-corrected chi connectivity index (χ1v) is 4.97. The van der Waals surface area contributed by atoms with Crippen LogP contribution in [0.25, 0.3) is 0 Å². The van der Waals surface area contributed by atoms with E-state index in [0.29, 0.717) is 25.5 Å². The van der Waals surface area contributed by atoms with Gasteiger partial charge in [0.2, 0.25) is 5.95 Å². The molecule has 4 N–H and O–H groups in total. The minimum absolute atomic E-state index is 0.149. The van der Waals surface area contributed by atoms with E-state index in [1.165, 1.54) is 0 Å². The van der Waals surface area contributed by atoms with Gasteiger partial charge in [0.1, 0.15) is 0 Å². The monoisotopic (exact) mass is 211 g/mol. The van der Waals surface area contributed by atoms with E-state index < -0.39 is 0 Å². The predicted molar refractivity (Wildman–Crippen MR) is 57.3 cm³/mol. The maximum Gasteiger partial charge on any atom is 0.242 e. The highest BCUT2D eigenvalue weighted by molar-refractivity contribution is 5.21. The zero-order valence-electron chi connectivity index (χ0n) is 8.85. The maximum absolute atomic E-state index is 8.77. The summed E-state index contributed by atoms with van der Waals surface area (Å²) in [5.41, 5.74) is 6.32. The molecule has 0 aliphatic heterocycles. The molecule has 6 nitrogen and oxygen atoms in total. The molecule has 1 heterocycles. The molecule has 1 aromatic rings. The summed E-state index contributed by atoms with van der Waals surface area (Å²) in [6.45, 7) is 3.17. The maximum atomic E-state index is 8.77. The third-order valence-corrected chi connectivity index (χ3v) is 2.10. The van der Waals surface area contributed by atoms with Crippen LogP contribution in [-0.4, -0.2) is 40.0 Å². The van der Waals surface area contributed by atoms with Crippen molar-refractivity contribution >= 4 is 5.95 Å². The van der Waals surface area contributed by atoms with Gasteiger partial charge in [-0.3, -0.25) is 0 Å². The van der Waals surface area contributed by atoms with Crippen molar-refractivity contribution in [2.45, 2.75) is 13.3 Å².